The number of benzene rings is 3. The summed E-state index contributed by atoms with van der Waals surface area (Å²) in [4.78, 5) is 16.5. The van der Waals surface area contributed by atoms with Gasteiger partial charge in [0.1, 0.15) is 17.3 Å². The predicted molar refractivity (Wildman–Crippen MR) is 129 cm³/mol. The Morgan fingerprint density at radius 2 is 1.65 bits per heavy atom. The van der Waals surface area contributed by atoms with Crippen molar-refractivity contribution in [1.29, 1.82) is 0 Å². The van der Waals surface area contributed by atoms with Crippen LogP contribution >= 0.6 is 0 Å². The normalized spacial score (nSPS) is 11.7. The monoisotopic (exact) mass is 457 g/mol. The SMILES string of the molecule is COc1ccc([C@@H](Cc2ccc(OCCc3nc(-c4ccccc4)oc3C)cc2)C(=O)O)cc1. The molecular weight excluding hydrogens is 430 g/mol. The van der Waals surface area contributed by atoms with Crippen LogP contribution in [0.15, 0.2) is 83.3 Å². The van der Waals surface area contributed by atoms with E-state index in [2.05, 4.69) is 4.98 Å². The zero-order valence-corrected chi connectivity index (χ0v) is 19.2. The standard InChI is InChI=1S/C28H27NO5/c1-19-26(29-27(34-19)22-6-4-3-5-7-22)16-17-33-24-12-8-20(9-13-24)18-25(28(30)31)21-10-14-23(32-2)15-11-21/h3-15,25H,16-18H2,1-2H3,(H,30,31)/t25-/m1/s1. The van der Waals surface area contributed by atoms with Gasteiger partial charge in [0.2, 0.25) is 5.89 Å². The highest BCUT2D eigenvalue weighted by atomic mass is 16.5. The van der Waals surface area contributed by atoms with E-state index in [4.69, 9.17) is 13.9 Å². The minimum absolute atomic E-state index is 0.391. The number of aryl methyl sites for hydroxylation is 1. The first-order valence-electron chi connectivity index (χ1n) is 11.1. The van der Waals surface area contributed by atoms with Crippen LogP contribution in [-0.4, -0.2) is 29.8 Å². The third-order valence-corrected chi connectivity index (χ3v) is 5.70. The zero-order valence-electron chi connectivity index (χ0n) is 19.2. The second-order valence-corrected chi connectivity index (χ2v) is 8.00. The summed E-state index contributed by atoms with van der Waals surface area (Å²) in [7, 11) is 1.59. The largest absolute Gasteiger partial charge is 0.497 e. The van der Waals surface area contributed by atoms with Crippen molar-refractivity contribution in [1.82, 2.24) is 4.98 Å². The molecule has 34 heavy (non-hydrogen) atoms. The number of ether oxygens (including phenoxy) is 2. The molecule has 0 fully saturated rings. The van der Waals surface area contributed by atoms with Crippen molar-refractivity contribution in [2.45, 2.75) is 25.7 Å². The van der Waals surface area contributed by atoms with E-state index in [9.17, 15) is 9.90 Å². The minimum Gasteiger partial charge on any atom is -0.497 e. The van der Waals surface area contributed by atoms with Crippen LogP contribution in [0.5, 0.6) is 11.5 Å². The van der Waals surface area contributed by atoms with Gasteiger partial charge in [-0.1, -0.05) is 42.5 Å². The number of rotatable bonds is 10. The van der Waals surface area contributed by atoms with Gasteiger partial charge in [-0.25, -0.2) is 4.98 Å². The van der Waals surface area contributed by atoms with Gasteiger partial charge in [0.15, 0.2) is 0 Å². The number of aliphatic carboxylic acids is 1. The molecule has 3 aromatic carbocycles. The van der Waals surface area contributed by atoms with Crippen LogP contribution in [0.2, 0.25) is 0 Å². The molecule has 1 atom stereocenters. The predicted octanol–water partition coefficient (Wildman–Crippen LogP) is 5.69. The Labute approximate surface area is 198 Å². The van der Waals surface area contributed by atoms with Crippen molar-refractivity contribution in [3.63, 3.8) is 0 Å². The molecule has 0 aliphatic carbocycles. The van der Waals surface area contributed by atoms with Crippen LogP contribution in [0.1, 0.15) is 28.5 Å². The maximum absolute atomic E-state index is 11.9. The van der Waals surface area contributed by atoms with Crippen molar-refractivity contribution < 1.29 is 23.8 Å². The Bertz CT molecular complexity index is 1210. The number of nitrogens with zero attached hydrogens (tertiary/aromatic N) is 1. The summed E-state index contributed by atoms with van der Waals surface area (Å²) in [6.45, 7) is 2.37. The lowest BCUT2D eigenvalue weighted by atomic mass is 9.92. The first-order valence-corrected chi connectivity index (χ1v) is 11.1. The first kappa shape index (κ1) is 23.1. The Balaban J connectivity index is 1.34. The highest BCUT2D eigenvalue weighted by molar-refractivity contribution is 5.76. The van der Waals surface area contributed by atoms with Gasteiger partial charge in [0.05, 0.1) is 25.3 Å². The van der Waals surface area contributed by atoms with Crippen LogP contribution in [0.25, 0.3) is 11.5 Å². The number of aromatic nitrogens is 1. The highest BCUT2D eigenvalue weighted by Crippen LogP contribution is 2.25. The smallest absolute Gasteiger partial charge is 0.311 e. The molecule has 0 saturated heterocycles. The van der Waals surface area contributed by atoms with Gasteiger partial charge >= 0.3 is 5.97 Å². The molecule has 1 heterocycles. The van der Waals surface area contributed by atoms with Gasteiger partial charge in [-0.2, -0.15) is 0 Å². The van der Waals surface area contributed by atoms with E-state index in [1.807, 2.05) is 61.5 Å². The number of methoxy groups -OCH3 is 1. The molecule has 0 aliphatic rings. The summed E-state index contributed by atoms with van der Waals surface area (Å²) < 4.78 is 16.8. The molecule has 4 aromatic rings. The fourth-order valence-corrected chi connectivity index (χ4v) is 3.77. The van der Waals surface area contributed by atoms with Crippen molar-refractivity contribution in [2.24, 2.45) is 0 Å². The molecule has 0 saturated carbocycles. The van der Waals surface area contributed by atoms with Crippen LogP contribution in [0.4, 0.5) is 0 Å². The lowest BCUT2D eigenvalue weighted by molar-refractivity contribution is -0.138. The highest BCUT2D eigenvalue weighted by Gasteiger charge is 2.20. The fourth-order valence-electron chi connectivity index (χ4n) is 3.77. The molecule has 0 bridgehead atoms. The topological polar surface area (TPSA) is 81.8 Å². The second-order valence-electron chi connectivity index (χ2n) is 8.00. The number of hydrogen-bond donors (Lipinski definition) is 1. The quantitative estimate of drug-likeness (QED) is 0.329. The molecule has 0 aliphatic heterocycles. The molecule has 6 nitrogen and oxygen atoms in total. The molecule has 0 spiro atoms. The third-order valence-electron chi connectivity index (χ3n) is 5.70. The molecule has 0 amide bonds. The summed E-state index contributed by atoms with van der Waals surface area (Å²) >= 11 is 0. The van der Waals surface area contributed by atoms with Crippen molar-refractivity contribution >= 4 is 5.97 Å². The van der Waals surface area contributed by atoms with Gasteiger partial charge in [-0.05, 0) is 60.9 Å². The lowest BCUT2D eigenvalue weighted by Crippen LogP contribution is -2.14. The molecule has 174 valence electrons. The van der Waals surface area contributed by atoms with Crippen LogP contribution in [-0.2, 0) is 17.6 Å². The van der Waals surface area contributed by atoms with Gasteiger partial charge in [-0.15, -0.1) is 0 Å². The summed E-state index contributed by atoms with van der Waals surface area (Å²) in [6, 6.07) is 24.5. The maximum Gasteiger partial charge on any atom is 0.311 e. The summed E-state index contributed by atoms with van der Waals surface area (Å²) in [5.41, 5.74) is 3.49. The molecule has 4 rings (SSSR count). The molecule has 0 radical (unpaired) electrons. The molecular formula is C28H27NO5. The van der Waals surface area contributed by atoms with Crippen LogP contribution in [0.3, 0.4) is 0 Å². The van der Waals surface area contributed by atoms with E-state index in [1.54, 1.807) is 31.4 Å². The third kappa shape index (κ3) is 5.64. The lowest BCUT2D eigenvalue weighted by Gasteiger charge is -2.14. The number of carboxylic acid groups (broad SMARTS) is 1. The Kier molecular flexibility index (Phi) is 7.28. The van der Waals surface area contributed by atoms with Gasteiger partial charge in [0.25, 0.3) is 0 Å². The Morgan fingerprint density at radius 1 is 0.971 bits per heavy atom. The average molecular weight is 458 g/mol. The Hall–Kier alpha value is -4.06. The van der Waals surface area contributed by atoms with Crippen molar-refractivity contribution in [3.05, 3.63) is 101 Å². The first-order chi connectivity index (χ1) is 16.5. The van der Waals surface area contributed by atoms with Crippen LogP contribution in [0, 0.1) is 6.92 Å². The van der Waals surface area contributed by atoms with Gasteiger partial charge in [-0.3, -0.25) is 4.79 Å². The molecule has 1 aromatic heterocycles. The number of oxazole rings is 1. The fraction of sp³-hybridized carbons (Fsp3) is 0.214. The van der Waals surface area contributed by atoms with Crippen molar-refractivity contribution in [3.8, 4) is 23.0 Å². The van der Waals surface area contributed by atoms with E-state index in [-0.39, 0.29) is 0 Å². The van der Waals surface area contributed by atoms with E-state index in [0.717, 1.165) is 33.9 Å². The molecule has 0 unspecified atom stereocenters. The van der Waals surface area contributed by atoms with E-state index < -0.39 is 11.9 Å². The Morgan fingerprint density at radius 3 is 2.29 bits per heavy atom. The number of carboxylic acids is 1. The molecule has 6 heteroatoms. The summed E-state index contributed by atoms with van der Waals surface area (Å²) in [5, 5.41) is 9.72. The maximum atomic E-state index is 11.9. The second kappa shape index (κ2) is 10.7. The van der Waals surface area contributed by atoms with E-state index in [1.165, 1.54) is 0 Å². The molecule has 1 N–H and O–H groups in total. The number of carbonyl (C=O) groups is 1. The minimum atomic E-state index is -0.858. The number of hydrogen-bond acceptors (Lipinski definition) is 5. The zero-order chi connectivity index (χ0) is 23.9. The van der Waals surface area contributed by atoms with E-state index >= 15 is 0 Å². The summed E-state index contributed by atoms with van der Waals surface area (Å²) in [6.07, 6.45) is 1.02. The van der Waals surface area contributed by atoms with E-state index in [0.29, 0.717) is 31.1 Å². The average Bonchev–Trinajstić information content (AvgIpc) is 3.24. The van der Waals surface area contributed by atoms with Crippen molar-refractivity contribution in [2.75, 3.05) is 13.7 Å². The van der Waals surface area contributed by atoms with Crippen LogP contribution < -0.4 is 9.47 Å². The van der Waals surface area contributed by atoms with Gasteiger partial charge < -0.3 is 19.0 Å². The summed E-state index contributed by atoms with van der Waals surface area (Å²) in [5.74, 6) is 1.34. The van der Waals surface area contributed by atoms with Gasteiger partial charge in [0, 0.05) is 12.0 Å².